The van der Waals surface area contributed by atoms with Gasteiger partial charge in [0.2, 0.25) is 0 Å². The third-order valence-corrected chi connectivity index (χ3v) is 4.47. The number of carbonyl (C=O) groups excluding carboxylic acids is 1. The lowest BCUT2D eigenvalue weighted by Gasteiger charge is -2.26. The molecule has 29 heavy (non-hydrogen) atoms. The molecule has 152 valence electrons. The van der Waals surface area contributed by atoms with Crippen molar-refractivity contribution in [1.82, 2.24) is 25.0 Å². The minimum Gasteiger partial charge on any atom is -0.388 e. The summed E-state index contributed by atoms with van der Waals surface area (Å²) >= 11 is 0. The molecule has 2 heterocycles. The molecule has 2 aromatic heterocycles. The number of nitrogens with one attached hydrogen (secondary N) is 2. The van der Waals surface area contributed by atoms with Gasteiger partial charge in [0, 0.05) is 37.6 Å². The van der Waals surface area contributed by atoms with E-state index in [4.69, 9.17) is 0 Å². The van der Waals surface area contributed by atoms with E-state index >= 15 is 0 Å². The number of aliphatic hydroxyl groups is 1. The first kappa shape index (κ1) is 20.5. The standard InChI is InChI=1S/C21H26N6O2/c1-26(2)15-17(19(28)16-8-4-3-5-9-16)14-23-21(29)25-18-10-6-11-22-20(18)27-13-7-12-24-27/h3-13,17,19,28H,14-15H2,1-2H3,(H2,23,25,29)/t17-,19+/m0/s1. The highest BCUT2D eigenvalue weighted by atomic mass is 16.3. The molecule has 0 saturated carbocycles. The summed E-state index contributed by atoms with van der Waals surface area (Å²) in [6.45, 7) is 0.944. The lowest BCUT2D eigenvalue weighted by atomic mass is 9.95. The van der Waals surface area contributed by atoms with Crippen molar-refractivity contribution in [2.24, 2.45) is 5.92 Å². The van der Waals surface area contributed by atoms with Crippen LogP contribution in [0.3, 0.4) is 0 Å². The number of benzene rings is 1. The second kappa shape index (κ2) is 9.81. The van der Waals surface area contributed by atoms with Crippen LogP contribution >= 0.6 is 0 Å². The number of carbonyl (C=O) groups is 1. The Morgan fingerprint density at radius 2 is 1.93 bits per heavy atom. The zero-order chi connectivity index (χ0) is 20.6. The highest BCUT2D eigenvalue weighted by Crippen LogP contribution is 2.22. The Kier molecular flexibility index (Phi) is 6.94. The van der Waals surface area contributed by atoms with Crippen molar-refractivity contribution in [3.8, 4) is 5.82 Å². The molecular formula is C21H26N6O2. The van der Waals surface area contributed by atoms with Crippen molar-refractivity contribution in [1.29, 1.82) is 0 Å². The number of aliphatic hydroxyl groups excluding tert-OH is 1. The molecule has 3 N–H and O–H groups in total. The molecule has 1 aromatic carbocycles. The smallest absolute Gasteiger partial charge is 0.319 e. The fourth-order valence-electron chi connectivity index (χ4n) is 3.13. The molecule has 0 aliphatic carbocycles. The molecule has 0 saturated heterocycles. The van der Waals surface area contributed by atoms with Crippen LogP contribution in [0.1, 0.15) is 11.7 Å². The van der Waals surface area contributed by atoms with Gasteiger partial charge in [-0.3, -0.25) is 0 Å². The molecule has 0 radical (unpaired) electrons. The maximum atomic E-state index is 12.5. The summed E-state index contributed by atoms with van der Waals surface area (Å²) in [4.78, 5) is 18.8. The van der Waals surface area contributed by atoms with Gasteiger partial charge >= 0.3 is 6.03 Å². The summed E-state index contributed by atoms with van der Waals surface area (Å²) in [7, 11) is 3.88. The van der Waals surface area contributed by atoms with Gasteiger partial charge in [-0.25, -0.2) is 14.5 Å². The van der Waals surface area contributed by atoms with E-state index < -0.39 is 6.10 Å². The van der Waals surface area contributed by atoms with E-state index in [1.165, 1.54) is 0 Å². The maximum Gasteiger partial charge on any atom is 0.319 e. The Balaban J connectivity index is 1.65. The van der Waals surface area contributed by atoms with E-state index in [0.29, 0.717) is 24.6 Å². The molecule has 2 amide bonds. The summed E-state index contributed by atoms with van der Waals surface area (Å²) in [5, 5.41) is 20.6. The second-order valence-electron chi connectivity index (χ2n) is 7.04. The molecule has 0 aliphatic rings. The van der Waals surface area contributed by atoms with Crippen molar-refractivity contribution >= 4 is 11.7 Å². The molecule has 3 rings (SSSR count). The predicted molar refractivity (Wildman–Crippen MR) is 112 cm³/mol. The first-order chi connectivity index (χ1) is 14.0. The van der Waals surface area contributed by atoms with Crippen molar-refractivity contribution < 1.29 is 9.90 Å². The molecule has 0 spiro atoms. The van der Waals surface area contributed by atoms with Gasteiger partial charge < -0.3 is 20.6 Å². The lowest BCUT2D eigenvalue weighted by Crippen LogP contribution is -2.39. The summed E-state index contributed by atoms with van der Waals surface area (Å²) in [6, 6.07) is 14.4. The summed E-state index contributed by atoms with van der Waals surface area (Å²) in [5.41, 5.74) is 1.37. The van der Waals surface area contributed by atoms with E-state index in [1.54, 1.807) is 41.5 Å². The van der Waals surface area contributed by atoms with Crippen LogP contribution in [0.4, 0.5) is 10.5 Å². The molecule has 8 nitrogen and oxygen atoms in total. The van der Waals surface area contributed by atoms with Crippen LogP contribution in [0.25, 0.3) is 5.82 Å². The molecule has 0 unspecified atom stereocenters. The molecule has 3 aromatic rings. The molecule has 8 heteroatoms. The predicted octanol–water partition coefficient (Wildman–Crippen LogP) is 2.30. The van der Waals surface area contributed by atoms with Gasteiger partial charge in [0.05, 0.1) is 11.8 Å². The minimum absolute atomic E-state index is 0.169. The Morgan fingerprint density at radius 3 is 2.62 bits per heavy atom. The van der Waals surface area contributed by atoms with Crippen molar-refractivity contribution in [2.45, 2.75) is 6.10 Å². The topological polar surface area (TPSA) is 95.3 Å². The van der Waals surface area contributed by atoms with Crippen LogP contribution in [-0.4, -0.2) is 58.0 Å². The van der Waals surface area contributed by atoms with Gasteiger partial charge in [0.1, 0.15) is 0 Å². The van der Waals surface area contributed by atoms with E-state index in [0.717, 1.165) is 5.56 Å². The van der Waals surface area contributed by atoms with Crippen LogP contribution in [0, 0.1) is 5.92 Å². The fourth-order valence-corrected chi connectivity index (χ4v) is 3.13. The van der Waals surface area contributed by atoms with Gasteiger partial charge in [-0.05, 0) is 37.9 Å². The minimum atomic E-state index is -0.683. The van der Waals surface area contributed by atoms with E-state index in [1.807, 2.05) is 49.3 Å². The third kappa shape index (κ3) is 5.63. The summed E-state index contributed by atoms with van der Waals surface area (Å²) in [5.74, 6) is 0.361. The third-order valence-electron chi connectivity index (χ3n) is 4.47. The van der Waals surface area contributed by atoms with Gasteiger partial charge in [0.25, 0.3) is 0 Å². The van der Waals surface area contributed by atoms with E-state index in [2.05, 4.69) is 20.7 Å². The number of pyridine rings is 1. The molecule has 2 atom stereocenters. The van der Waals surface area contributed by atoms with Gasteiger partial charge in [-0.15, -0.1) is 0 Å². The second-order valence-corrected chi connectivity index (χ2v) is 7.04. The van der Waals surface area contributed by atoms with Crippen LogP contribution < -0.4 is 10.6 Å². The highest BCUT2D eigenvalue weighted by molar-refractivity contribution is 5.90. The van der Waals surface area contributed by atoms with Crippen molar-refractivity contribution in [2.75, 3.05) is 32.5 Å². The first-order valence-electron chi connectivity index (χ1n) is 9.42. The average Bonchev–Trinajstić information content (AvgIpc) is 3.26. The van der Waals surface area contributed by atoms with Gasteiger partial charge in [0.15, 0.2) is 5.82 Å². The monoisotopic (exact) mass is 394 g/mol. The molecule has 0 bridgehead atoms. The van der Waals surface area contributed by atoms with Crippen LogP contribution in [0.5, 0.6) is 0 Å². The number of urea groups is 1. The van der Waals surface area contributed by atoms with Gasteiger partial charge in [-0.1, -0.05) is 30.3 Å². The van der Waals surface area contributed by atoms with Crippen LogP contribution in [0.2, 0.25) is 0 Å². The number of hydrogen-bond donors (Lipinski definition) is 3. The Morgan fingerprint density at radius 1 is 1.14 bits per heavy atom. The maximum absolute atomic E-state index is 12.5. The number of anilines is 1. The van der Waals surface area contributed by atoms with E-state index in [-0.39, 0.29) is 11.9 Å². The Bertz CT molecular complexity index is 899. The summed E-state index contributed by atoms with van der Waals surface area (Å²) in [6.07, 6.45) is 4.37. The average molecular weight is 394 g/mol. The van der Waals surface area contributed by atoms with Gasteiger partial charge in [-0.2, -0.15) is 5.10 Å². The quantitative estimate of drug-likeness (QED) is 0.545. The number of amides is 2. The molecule has 0 fully saturated rings. The lowest BCUT2D eigenvalue weighted by molar-refractivity contribution is 0.0911. The van der Waals surface area contributed by atoms with E-state index in [9.17, 15) is 9.90 Å². The number of rotatable bonds is 8. The number of hydrogen-bond acceptors (Lipinski definition) is 5. The van der Waals surface area contributed by atoms with Crippen LogP contribution in [0.15, 0.2) is 67.1 Å². The Labute approximate surface area is 170 Å². The summed E-state index contributed by atoms with van der Waals surface area (Å²) < 4.78 is 1.59. The fraction of sp³-hybridized carbons (Fsp3) is 0.286. The number of nitrogens with zero attached hydrogens (tertiary/aromatic N) is 4. The largest absolute Gasteiger partial charge is 0.388 e. The Hall–Kier alpha value is -3.23. The first-order valence-corrected chi connectivity index (χ1v) is 9.42. The normalized spacial score (nSPS) is 13.1. The highest BCUT2D eigenvalue weighted by Gasteiger charge is 2.22. The SMILES string of the molecule is CN(C)C[C@H](CNC(=O)Nc1cccnc1-n1cccn1)[C@H](O)c1ccccc1. The zero-order valence-electron chi connectivity index (χ0n) is 16.6. The zero-order valence-corrected chi connectivity index (χ0v) is 16.6. The van der Waals surface area contributed by atoms with Crippen molar-refractivity contribution in [3.05, 3.63) is 72.7 Å². The number of aromatic nitrogens is 3. The molecule has 0 aliphatic heterocycles. The van der Waals surface area contributed by atoms with Crippen molar-refractivity contribution in [3.63, 3.8) is 0 Å². The van der Waals surface area contributed by atoms with Crippen LogP contribution in [-0.2, 0) is 0 Å². The molecular weight excluding hydrogens is 368 g/mol.